The van der Waals surface area contributed by atoms with Crippen molar-refractivity contribution in [1.82, 2.24) is 4.98 Å². The van der Waals surface area contributed by atoms with E-state index in [4.69, 9.17) is 5.26 Å². The number of benzene rings is 1. The molecule has 0 saturated heterocycles. The Hall–Kier alpha value is -3.07. The number of hydrazone groups is 1. The number of nitriles is 1. The van der Waals surface area contributed by atoms with Crippen LogP contribution in [0.2, 0.25) is 0 Å². The van der Waals surface area contributed by atoms with Crippen molar-refractivity contribution >= 4 is 11.9 Å². The number of nitrogens with zero attached hydrogens (tertiary/aromatic N) is 2. The lowest BCUT2D eigenvalue weighted by molar-refractivity contribution is -0.00518. The summed E-state index contributed by atoms with van der Waals surface area (Å²) < 4.78 is 0. The van der Waals surface area contributed by atoms with Crippen molar-refractivity contribution < 1.29 is 5.11 Å². The van der Waals surface area contributed by atoms with Crippen molar-refractivity contribution in [1.29, 1.82) is 5.26 Å². The molecule has 0 aliphatic heterocycles. The minimum Gasteiger partial charge on any atom is -0.494 e. The maximum absolute atomic E-state index is 11.7. The number of hydrogen-bond donors (Lipinski definition) is 3. The zero-order chi connectivity index (χ0) is 20.9. The van der Waals surface area contributed by atoms with E-state index in [0.717, 1.165) is 23.4 Å². The van der Waals surface area contributed by atoms with Gasteiger partial charge in [-0.25, -0.2) is 0 Å². The zero-order valence-corrected chi connectivity index (χ0v) is 17.1. The summed E-state index contributed by atoms with van der Waals surface area (Å²) in [7, 11) is 0. The number of anilines is 1. The van der Waals surface area contributed by atoms with Gasteiger partial charge < -0.3 is 5.11 Å². The van der Waals surface area contributed by atoms with Crippen molar-refractivity contribution in [3.8, 4) is 11.9 Å². The molecule has 4 aliphatic rings. The minimum atomic E-state index is -0.599. The van der Waals surface area contributed by atoms with Gasteiger partial charge in [0.15, 0.2) is 0 Å². The van der Waals surface area contributed by atoms with Crippen LogP contribution < -0.4 is 11.0 Å². The highest BCUT2D eigenvalue weighted by atomic mass is 16.3. The minimum absolute atomic E-state index is 0.0193. The maximum atomic E-state index is 11.7. The third-order valence-corrected chi connectivity index (χ3v) is 7.53. The van der Waals surface area contributed by atoms with E-state index in [9.17, 15) is 9.90 Å². The number of nitrogens with one attached hydrogen (secondary N) is 2. The fraction of sp³-hybridized carbons (Fsp3) is 0.458. The lowest BCUT2D eigenvalue weighted by Gasteiger charge is -2.57. The van der Waals surface area contributed by atoms with Gasteiger partial charge >= 0.3 is 0 Å². The van der Waals surface area contributed by atoms with Crippen molar-refractivity contribution in [2.24, 2.45) is 22.9 Å². The molecule has 6 nitrogen and oxygen atoms in total. The van der Waals surface area contributed by atoms with Gasteiger partial charge in [-0.15, -0.1) is 0 Å². The van der Waals surface area contributed by atoms with Gasteiger partial charge in [0.25, 0.3) is 5.56 Å². The van der Waals surface area contributed by atoms with E-state index in [0.29, 0.717) is 16.5 Å². The maximum Gasteiger partial charge on any atom is 0.268 e. The average Bonchev–Trinajstić information content (AvgIpc) is 2.70. The van der Waals surface area contributed by atoms with Gasteiger partial charge in [0, 0.05) is 0 Å². The number of pyridine rings is 1. The molecule has 4 fully saturated rings. The van der Waals surface area contributed by atoms with Crippen LogP contribution in [-0.2, 0) is 5.41 Å². The van der Waals surface area contributed by atoms with E-state index in [1.165, 1.54) is 50.3 Å². The van der Waals surface area contributed by atoms with E-state index >= 15 is 0 Å². The van der Waals surface area contributed by atoms with E-state index in [1.807, 2.05) is 6.07 Å². The molecule has 0 radical (unpaired) electrons. The van der Waals surface area contributed by atoms with Crippen molar-refractivity contribution in [3.63, 3.8) is 0 Å². The zero-order valence-electron chi connectivity index (χ0n) is 17.1. The van der Waals surface area contributed by atoms with Gasteiger partial charge in [-0.3, -0.25) is 15.2 Å². The van der Waals surface area contributed by atoms with E-state index in [2.05, 4.69) is 39.8 Å². The second-order valence-electron chi connectivity index (χ2n) is 9.47. The van der Waals surface area contributed by atoms with E-state index in [-0.39, 0.29) is 11.4 Å². The first-order valence-electron chi connectivity index (χ1n) is 10.7. The Balaban J connectivity index is 1.32. The lowest BCUT2D eigenvalue weighted by Crippen LogP contribution is -2.48. The summed E-state index contributed by atoms with van der Waals surface area (Å²) in [6.07, 6.45) is 9.78. The molecule has 0 atom stereocenters. The van der Waals surface area contributed by atoms with Gasteiger partial charge in [-0.1, -0.05) is 12.1 Å². The quantitative estimate of drug-likeness (QED) is 0.527. The largest absolute Gasteiger partial charge is 0.494 e. The first kappa shape index (κ1) is 18.9. The highest BCUT2D eigenvalue weighted by Gasteiger charge is 2.51. The summed E-state index contributed by atoms with van der Waals surface area (Å²) >= 11 is 0. The highest BCUT2D eigenvalue weighted by Crippen LogP contribution is 2.60. The Morgan fingerprint density at radius 3 is 2.33 bits per heavy atom. The van der Waals surface area contributed by atoms with Crippen molar-refractivity contribution in [2.75, 3.05) is 5.43 Å². The van der Waals surface area contributed by atoms with Crippen LogP contribution in [-0.4, -0.2) is 16.3 Å². The number of rotatable bonds is 4. The van der Waals surface area contributed by atoms with Gasteiger partial charge in [-0.2, -0.15) is 10.4 Å². The van der Waals surface area contributed by atoms with Crippen LogP contribution in [0, 0.1) is 36.0 Å². The predicted octanol–water partition coefficient (Wildman–Crippen LogP) is 4.17. The molecule has 0 amide bonds. The molecule has 6 rings (SSSR count). The predicted molar refractivity (Wildman–Crippen MR) is 116 cm³/mol. The van der Waals surface area contributed by atoms with Crippen molar-refractivity contribution in [3.05, 3.63) is 56.9 Å². The first-order chi connectivity index (χ1) is 14.5. The Morgan fingerprint density at radius 2 is 1.77 bits per heavy atom. The van der Waals surface area contributed by atoms with Crippen LogP contribution in [0.1, 0.15) is 60.8 Å². The third-order valence-electron chi connectivity index (χ3n) is 7.53. The van der Waals surface area contributed by atoms with Gasteiger partial charge in [0.1, 0.15) is 11.6 Å². The topological polar surface area (TPSA) is 101 Å². The molecule has 4 saturated carbocycles. The molecular weight excluding hydrogens is 376 g/mol. The summed E-state index contributed by atoms with van der Waals surface area (Å²) in [4.78, 5) is 14.0. The van der Waals surface area contributed by atoms with E-state index in [1.54, 1.807) is 6.92 Å². The molecule has 4 aliphatic carbocycles. The molecule has 1 aromatic carbocycles. The first-order valence-corrected chi connectivity index (χ1v) is 10.7. The highest BCUT2D eigenvalue weighted by molar-refractivity contribution is 5.85. The smallest absolute Gasteiger partial charge is 0.268 e. The summed E-state index contributed by atoms with van der Waals surface area (Å²) in [6, 6.07) is 10.5. The molecule has 1 heterocycles. The Bertz CT molecular complexity index is 1070. The summed E-state index contributed by atoms with van der Waals surface area (Å²) in [5.41, 5.74) is 5.80. The number of aromatic amines is 1. The fourth-order valence-electron chi connectivity index (χ4n) is 6.55. The number of H-pyrrole nitrogens is 1. The van der Waals surface area contributed by atoms with Gasteiger partial charge in [0.2, 0.25) is 5.88 Å². The number of aromatic hydroxyl groups is 1. The molecule has 2 aromatic rings. The fourth-order valence-corrected chi connectivity index (χ4v) is 6.55. The van der Waals surface area contributed by atoms with Crippen LogP contribution in [0.4, 0.5) is 5.69 Å². The molecule has 6 heteroatoms. The number of aromatic nitrogens is 1. The molecule has 3 N–H and O–H groups in total. The standard InChI is InChI=1S/C24H26N4O2/c1-14-20(12-25)22(29)27-23(30)21(14)13-26-28-19-4-2-18(3-5-19)24-9-15-6-16(10-24)8-17(7-15)11-24/h2-5,13,15-17,28H,6-11H2,1H3,(H2,27,29,30)/b26-13+. The van der Waals surface area contributed by atoms with Crippen LogP contribution in [0.25, 0.3) is 0 Å². The SMILES string of the molecule is Cc1c(/C=N/Nc2ccc(C34CC5CC(CC(C5)C3)C4)cc2)c(O)[nH]c(=O)c1C#N. The molecule has 154 valence electrons. The Labute approximate surface area is 175 Å². The molecule has 0 unspecified atom stereocenters. The van der Waals surface area contributed by atoms with Crippen LogP contribution in [0.5, 0.6) is 5.88 Å². The second-order valence-corrected chi connectivity index (χ2v) is 9.47. The van der Waals surface area contributed by atoms with Crippen LogP contribution >= 0.6 is 0 Å². The summed E-state index contributed by atoms with van der Waals surface area (Å²) in [5, 5.41) is 23.3. The summed E-state index contributed by atoms with van der Waals surface area (Å²) in [6.45, 7) is 1.62. The normalized spacial score (nSPS) is 29.3. The second kappa shape index (κ2) is 7.02. The lowest BCUT2D eigenvalue weighted by atomic mass is 9.48. The van der Waals surface area contributed by atoms with Crippen LogP contribution in [0.3, 0.4) is 0 Å². The Kier molecular flexibility index (Phi) is 4.43. The monoisotopic (exact) mass is 402 g/mol. The third kappa shape index (κ3) is 3.09. The Morgan fingerprint density at radius 1 is 1.17 bits per heavy atom. The molecule has 30 heavy (non-hydrogen) atoms. The molecule has 1 aromatic heterocycles. The van der Waals surface area contributed by atoms with Gasteiger partial charge in [-0.05, 0) is 91.9 Å². The van der Waals surface area contributed by atoms with E-state index < -0.39 is 5.56 Å². The molecule has 0 spiro atoms. The molecule has 4 bridgehead atoms. The van der Waals surface area contributed by atoms with Crippen LogP contribution in [0.15, 0.2) is 34.2 Å². The number of hydrogen-bond acceptors (Lipinski definition) is 5. The molecular formula is C24H26N4O2. The van der Waals surface area contributed by atoms with Crippen molar-refractivity contribution in [2.45, 2.75) is 50.9 Å². The summed E-state index contributed by atoms with van der Waals surface area (Å²) in [5.74, 6) is 2.47. The van der Waals surface area contributed by atoms with Gasteiger partial charge in [0.05, 0.1) is 17.5 Å². The average molecular weight is 402 g/mol.